The smallest absolute Gasteiger partial charge is 0.135 e. The molecule has 0 bridgehead atoms. The van der Waals surface area contributed by atoms with E-state index in [0.717, 1.165) is 12.8 Å². The summed E-state index contributed by atoms with van der Waals surface area (Å²) < 4.78 is 0. The van der Waals surface area contributed by atoms with Gasteiger partial charge in [-0.1, -0.05) is 6.92 Å². The van der Waals surface area contributed by atoms with Gasteiger partial charge in [-0.2, -0.15) is 0 Å². The molecular formula is C11H16O3. The highest BCUT2D eigenvalue weighted by molar-refractivity contribution is 5.85. The van der Waals surface area contributed by atoms with Gasteiger partial charge in [0.25, 0.3) is 0 Å². The molecule has 3 nitrogen and oxygen atoms in total. The molecule has 2 aliphatic carbocycles. The Labute approximate surface area is 83.5 Å². The first kappa shape index (κ1) is 9.84. The first-order valence-corrected chi connectivity index (χ1v) is 5.21. The number of fused-ring (bicyclic) bond motifs is 1. The van der Waals surface area contributed by atoms with Crippen molar-refractivity contribution in [2.24, 2.45) is 5.41 Å². The number of hydrogen-bond acceptors (Lipinski definition) is 3. The van der Waals surface area contributed by atoms with Crippen LogP contribution in [0.3, 0.4) is 0 Å². The van der Waals surface area contributed by atoms with Gasteiger partial charge in [0.1, 0.15) is 11.6 Å². The molecule has 0 aromatic heterocycles. The Morgan fingerprint density at radius 3 is 1.93 bits per heavy atom. The second-order valence-electron chi connectivity index (χ2n) is 5.02. The lowest BCUT2D eigenvalue weighted by atomic mass is 9.57. The van der Waals surface area contributed by atoms with Gasteiger partial charge in [0.2, 0.25) is 0 Å². The largest absolute Gasteiger partial charge is 0.388 e. The van der Waals surface area contributed by atoms with Crippen LogP contribution in [0.2, 0.25) is 0 Å². The van der Waals surface area contributed by atoms with E-state index in [2.05, 4.69) is 0 Å². The van der Waals surface area contributed by atoms with Crippen LogP contribution in [-0.2, 0) is 9.59 Å². The van der Waals surface area contributed by atoms with Crippen LogP contribution in [0.25, 0.3) is 0 Å². The van der Waals surface area contributed by atoms with E-state index in [1.165, 1.54) is 0 Å². The lowest BCUT2D eigenvalue weighted by Gasteiger charge is -2.50. The average Bonchev–Trinajstić information content (AvgIpc) is 2.08. The standard InChI is InChI=1S/C11H16O3/c1-10-4-2-8(12)6-11(10,14)7-9(13)3-5-10/h14H,2-7H2,1H3. The van der Waals surface area contributed by atoms with Crippen molar-refractivity contribution in [1.29, 1.82) is 0 Å². The third-order valence-electron chi connectivity index (χ3n) is 4.01. The van der Waals surface area contributed by atoms with E-state index < -0.39 is 5.60 Å². The van der Waals surface area contributed by atoms with Crippen molar-refractivity contribution >= 4 is 11.6 Å². The molecule has 0 aromatic rings. The van der Waals surface area contributed by atoms with E-state index >= 15 is 0 Å². The molecular weight excluding hydrogens is 180 g/mol. The molecule has 0 unspecified atom stereocenters. The average molecular weight is 196 g/mol. The number of rotatable bonds is 0. The number of hydrogen-bond donors (Lipinski definition) is 1. The fourth-order valence-corrected chi connectivity index (χ4v) is 2.74. The topological polar surface area (TPSA) is 54.4 Å². The molecule has 0 amide bonds. The van der Waals surface area contributed by atoms with Gasteiger partial charge in [-0.3, -0.25) is 9.59 Å². The van der Waals surface area contributed by atoms with Gasteiger partial charge in [0.05, 0.1) is 5.60 Å². The monoisotopic (exact) mass is 196 g/mol. The fourth-order valence-electron chi connectivity index (χ4n) is 2.74. The molecule has 14 heavy (non-hydrogen) atoms. The maximum absolute atomic E-state index is 11.3. The summed E-state index contributed by atoms with van der Waals surface area (Å²) in [5, 5.41) is 10.3. The molecule has 0 saturated heterocycles. The van der Waals surface area contributed by atoms with Gasteiger partial charge >= 0.3 is 0 Å². The molecule has 0 aliphatic heterocycles. The van der Waals surface area contributed by atoms with Crippen molar-refractivity contribution in [2.75, 3.05) is 0 Å². The fraction of sp³-hybridized carbons (Fsp3) is 0.818. The van der Waals surface area contributed by atoms with E-state index in [4.69, 9.17) is 0 Å². The summed E-state index contributed by atoms with van der Waals surface area (Å²) in [5.74, 6) is 0.194. The van der Waals surface area contributed by atoms with E-state index in [0.29, 0.717) is 12.8 Å². The molecule has 0 heterocycles. The third-order valence-corrected chi connectivity index (χ3v) is 4.01. The van der Waals surface area contributed by atoms with Gasteiger partial charge in [-0.25, -0.2) is 0 Å². The number of carbonyl (C=O) groups is 2. The number of aliphatic hydroxyl groups is 1. The number of carbonyl (C=O) groups excluding carboxylic acids is 2. The predicted molar refractivity (Wildman–Crippen MR) is 50.8 cm³/mol. The molecule has 2 saturated carbocycles. The zero-order chi connectivity index (χ0) is 10.4. The minimum atomic E-state index is -1.04. The first-order valence-electron chi connectivity index (χ1n) is 5.21. The molecule has 2 rings (SSSR count). The number of ketones is 2. The van der Waals surface area contributed by atoms with E-state index in [9.17, 15) is 14.7 Å². The van der Waals surface area contributed by atoms with Crippen molar-refractivity contribution in [3.05, 3.63) is 0 Å². The predicted octanol–water partition coefficient (Wildman–Crippen LogP) is 1.23. The maximum atomic E-state index is 11.3. The van der Waals surface area contributed by atoms with Crippen molar-refractivity contribution in [3.8, 4) is 0 Å². The van der Waals surface area contributed by atoms with Crippen LogP contribution in [0.5, 0.6) is 0 Å². The van der Waals surface area contributed by atoms with Gasteiger partial charge in [0.15, 0.2) is 0 Å². The van der Waals surface area contributed by atoms with Gasteiger partial charge in [-0.15, -0.1) is 0 Å². The molecule has 2 fully saturated rings. The molecule has 0 radical (unpaired) electrons. The zero-order valence-electron chi connectivity index (χ0n) is 8.51. The number of Topliss-reactive ketones (excluding diaryl/α,β-unsaturated/α-hetero) is 2. The Hall–Kier alpha value is -0.700. The quantitative estimate of drug-likeness (QED) is 0.634. The first-order chi connectivity index (χ1) is 6.45. The molecule has 1 N–H and O–H groups in total. The Morgan fingerprint density at radius 1 is 1.07 bits per heavy atom. The van der Waals surface area contributed by atoms with Crippen LogP contribution in [-0.4, -0.2) is 22.3 Å². The highest BCUT2D eigenvalue weighted by atomic mass is 16.3. The van der Waals surface area contributed by atoms with Crippen molar-refractivity contribution in [1.82, 2.24) is 0 Å². The lowest BCUT2D eigenvalue weighted by Crippen LogP contribution is -2.55. The Morgan fingerprint density at radius 2 is 1.50 bits per heavy atom. The minimum Gasteiger partial charge on any atom is -0.388 e. The second kappa shape index (κ2) is 2.89. The normalized spacial score (nSPS) is 43.6. The zero-order valence-corrected chi connectivity index (χ0v) is 8.51. The van der Waals surface area contributed by atoms with Crippen LogP contribution in [0, 0.1) is 5.41 Å². The van der Waals surface area contributed by atoms with Gasteiger partial charge in [-0.05, 0) is 18.3 Å². The summed E-state index contributed by atoms with van der Waals surface area (Å²) in [5.41, 5.74) is -1.26. The molecule has 0 spiro atoms. The van der Waals surface area contributed by atoms with Gasteiger partial charge in [0, 0.05) is 25.7 Å². The summed E-state index contributed by atoms with van der Waals surface area (Å²) in [6, 6.07) is 0. The van der Waals surface area contributed by atoms with Crippen LogP contribution in [0.4, 0.5) is 0 Å². The summed E-state index contributed by atoms with van der Waals surface area (Å²) in [6.07, 6.45) is 2.94. The summed E-state index contributed by atoms with van der Waals surface area (Å²) >= 11 is 0. The molecule has 0 atom stereocenters. The lowest BCUT2D eigenvalue weighted by molar-refractivity contribution is -0.162. The summed E-state index contributed by atoms with van der Waals surface area (Å²) in [6.45, 7) is 2.01. The van der Waals surface area contributed by atoms with Crippen LogP contribution >= 0.6 is 0 Å². The van der Waals surface area contributed by atoms with Crippen LogP contribution in [0.15, 0.2) is 0 Å². The van der Waals surface area contributed by atoms with Crippen LogP contribution < -0.4 is 0 Å². The maximum Gasteiger partial charge on any atom is 0.135 e. The highest BCUT2D eigenvalue weighted by Gasteiger charge is 2.53. The SMILES string of the molecule is CC12CCC(=O)CC1(O)CC(=O)CC2. The third kappa shape index (κ3) is 1.31. The van der Waals surface area contributed by atoms with Crippen molar-refractivity contribution in [2.45, 2.75) is 51.0 Å². The summed E-state index contributed by atoms with van der Waals surface area (Å²) in [7, 11) is 0. The van der Waals surface area contributed by atoms with E-state index in [1.807, 2.05) is 6.92 Å². The van der Waals surface area contributed by atoms with Crippen LogP contribution in [0.1, 0.15) is 45.4 Å². The molecule has 3 heteroatoms. The second-order valence-corrected chi connectivity index (χ2v) is 5.02. The minimum absolute atomic E-state index is 0.0969. The van der Waals surface area contributed by atoms with Gasteiger partial charge < -0.3 is 5.11 Å². The summed E-state index contributed by atoms with van der Waals surface area (Å²) in [4.78, 5) is 22.6. The Balaban J connectivity index is 2.29. The Bertz CT molecular complexity index is 271. The molecule has 2 aliphatic rings. The highest BCUT2D eigenvalue weighted by Crippen LogP contribution is 2.50. The van der Waals surface area contributed by atoms with E-state index in [-0.39, 0.29) is 29.8 Å². The van der Waals surface area contributed by atoms with Crippen molar-refractivity contribution < 1.29 is 14.7 Å². The van der Waals surface area contributed by atoms with Crippen molar-refractivity contribution in [3.63, 3.8) is 0 Å². The molecule has 78 valence electrons. The molecule has 0 aromatic carbocycles. The Kier molecular flexibility index (Phi) is 2.03. The van der Waals surface area contributed by atoms with E-state index in [1.54, 1.807) is 0 Å².